The molecule has 3 aliphatic heterocycles. The van der Waals surface area contributed by atoms with Crippen LogP contribution in [-0.2, 0) is 4.79 Å². The zero-order valence-electron chi connectivity index (χ0n) is 18.3. The largest absolute Gasteiger partial charge is 0.328 e. The number of rotatable bonds is 3. The van der Waals surface area contributed by atoms with Crippen molar-refractivity contribution in [1.29, 1.82) is 0 Å². The summed E-state index contributed by atoms with van der Waals surface area (Å²) in [5.41, 5.74) is 1.66. The summed E-state index contributed by atoms with van der Waals surface area (Å²) in [5, 5.41) is 5.61. The van der Waals surface area contributed by atoms with Crippen molar-refractivity contribution in [3.8, 4) is 11.8 Å². The Bertz CT molecular complexity index is 893. The summed E-state index contributed by atoms with van der Waals surface area (Å²) >= 11 is 0. The average molecular weight is 439 g/mol. The molecule has 3 saturated heterocycles. The SMILES string of the molecule is O=C1CCN(c2ccc(C#CCCN3CCN(C(=O)N4CCNCC4)CC3)cc2)C(=O)N1. The number of hydrogen-bond acceptors (Lipinski definition) is 5. The molecule has 1 aromatic carbocycles. The van der Waals surface area contributed by atoms with Crippen molar-refractivity contribution in [1.82, 2.24) is 25.3 Å². The van der Waals surface area contributed by atoms with Gasteiger partial charge in [0.15, 0.2) is 0 Å². The zero-order valence-corrected chi connectivity index (χ0v) is 18.3. The van der Waals surface area contributed by atoms with Crippen molar-refractivity contribution in [2.45, 2.75) is 12.8 Å². The summed E-state index contributed by atoms with van der Waals surface area (Å²) in [7, 11) is 0. The highest BCUT2D eigenvalue weighted by Crippen LogP contribution is 2.17. The van der Waals surface area contributed by atoms with E-state index in [0.717, 1.165) is 76.6 Å². The van der Waals surface area contributed by atoms with E-state index in [4.69, 9.17) is 0 Å². The predicted molar refractivity (Wildman–Crippen MR) is 121 cm³/mol. The maximum absolute atomic E-state index is 12.6. The third-order valence-corrected chi connectivity index (χ3v) is 6.05. The molecule has 3 aliphatic rings. The first-order valence-electron chi connectivity index (χ1n) is 11.3. The number of carbonyl (C=O) groups excluding carboxylic acids is 3. The first-order chi connectivity index (χ1) is 15.6. The standard InChI is InChI=1S/C23H30N6O3/c30-21-8-12-29(22(31)25-21)20-6-4-19(5-7-20)3-1-2-11-26-15-17-28(18-16-26)23(32)27-13-9-24-10-14-27/h4-7,24H,2,8-18H2,(H,25,30,31). The number of benzene rings is 1. The van der Waals surface area contributed by atoms with Gasteiger partial charge in [0.1, 0.15) is 0 Å². The molecule has 0 atom stereocenters. The van der Waals surface area contributed by atoms with Crippen molar-refractivity contribution in [3.05, 3.63) is 29.8 Å². The topological polar surface area (TPSA) is 88.2 Å². The molecule has 9 nitrogen and oxygen atoms in total. The minimum atomic E-state index is -0.380. The lowest BCUT2D eigenvalue weighted by Crippen LogP contribution is -2.56. The van der Waals surface area contributed by atoms with E-state index in [0.29, 0.717) is 13.0 Å². The Morgan fingerprint density at radius 1 is 0.906 bits per heavy atom. The number of hydrogen-bond donors (Lipinski definition) is 2. The van der Waals surface area contributed by atoms with Gasteiger partial charge in [-0.2, -0.15) is 0 Å². The van der Waals surface area contributed by atoms with Gasteiger partial charge in [-0.15, -0.1) is 0 Å². The Morgan fingerprint density at radius 2 is 1.59 bits per heavy atom. The molecule has 0 unspecified atom stereocenters. The van der Waals surface area contributed by atoms with Gasteiger partial charge in [-0.1, -0.05) is 11.8 Å². The molecule has 0 bridgehead atoms. The molecule has 3 fully saturated rings. The molecule has 3 heterocycles. The molecule has 2 N–H and O–H groups in total. The molecule has 1 aromatic rings. The van der Waals surface area contributed by atoms with Crippen molar-refractivity contribution in [2.75, 3.05) is 70.3 Å². The van der Waals surface area contributed by atoms with E-state index in [1.807, 2.05) is 34.1 Å². The summed E-state index contributed by atoms with van der Waals surface area (Å²) < 4.78 is 0. The highest BCUT2D eigenvalue weighted by atomic mass is 16.2. The summed E-state index contributed by atoms with van der Waals surface area (Å²) in [4.78, 5) is 43.6. The van der Waals surface area contributed by atoms with E-state index in [2.05, 4.69) is 27.4 Å². The summed E-state index contributed by atoms with van der Waals surface area (Å²) in [6.07, 6.45) is 1.08. The van der Waals surface area contributed by atoms with E-state index < -0.39 is 0 Å². The highest BCUT2D eigenvalue weighted by Gasteiger charge is 2.26. The molecule has 5 amide bonds. The number of imide groups is 1. The van der Waals surface area contributed by atoms with Crippen LogP contribution in [0.2, 0.25) is 0 Å². The second-order valence-electron chi connectivity index (χ2n) is 8.20. The lowest BCUT2D eigenvalue weighted by molar-refractivity contribution is -0.120. The minimum Gasteiger partial charge on any atom is -0.322 e. The Labute approximate surface area is 188 Å². The molecular formula is C23H30N6O3. The van der Waals surface area contributed by atoms with Crippen molar-refractivity contribution < 1.29 is 14.4 Å². The first-order valence-corrected chi connectivity index (χ1v) is 11.3. The van der Waals surface area contributed by atoms with Crippen LogP contribution in [-0.4, -0.2) is 98.1 Å². The maximum Gasteiger partial charge on any atom is 0.328 e. The van der Waals surface area contributed by atoms with E-state index in [1.54, 1.807) is 4.90 Å². The van der Waals surface area contributed by atoms with E-state index in [-0.39, 0.29) is 18.0 Å². The first kappa shape index (κ1) is 22.1. The second-order valence-corrected chi connectivity index (χ2v) is 8.20. The fourth-order valence-corrected chi connectivity index (χ4v) is 4.13. The molecule has 0 saturated carbocycles. The van der Waals surface area contributed by atoms with Crippen LogP contribution in [0.3, 0.4) is 0 Å². The molecular weight excluding hydrogens is 408 g/mol. The Morgan fingerprint density at radius 3 is 2.28 bits per heavy atom. The van der Waals surface area contributed by atoms with E-state index in [9.17, 15) is 14.4 Å². The predicted octanol–water partition coefficient (Wildman–Crippen LogP) is 0.517. The van der Waals surface area contributed by atoms with Crippen LogP contribution >= 0.6 is 0 Å². The van der Waals surface area contributed by atoms with Gasteiger partial charge in [-0.05, 0) is 24.3 Å². The van der Waals surface area contributed by atoms with Crippen LogP contribution in [0.25, 0.3) is 0 Å². The van der Waals surface area contributed by atoms with Crippen molar-refractivity contribution in [3.63, 3.8) is 0 Å². The molecule has 0 radical (unpaired) electrons. The molecule has 0 spiro atoms. The van der Waals surface area contributed by atoms with Gasteiger partial charge < -0.3 is 15.1 Å². The lowest BCUT2D eigenvalue weighted by atomic mass is 10.1. The smallest absolute Gasteiger partial charge is 0.322 e. The number of piperazine rings is 2. The lowest BCUT2D eigenvalue weighted by Gasteiger charge is -2.38. The van der Waals surface area contributed by atoms with Gasteiger partial charge in [-0.3, -0.25) is 19.9 Å². The van der Waals surface area contributed by atoms with Gasteiger partial charge >= 0.3 is 12.1 Å². The molecule has 0 aromatic heterocycles. The fraction of sp³-hybridized carbons (Fsp3) is 0.522. The normalized spacial score (nSPS) is 19.9. The van der Waals surface area contributed by atoms with Crippen LogP contribution in [0.4, 0.5) is 15.3 Å². The summed E-state index contributed by atoms with van der Waals surface area (Å²) in [6, 6.07) is 7.29. The van der Waals surface area contributed by atoms with Crippen molar-refractivity contribution in [2.24, 2.45) is 0 Å². The molecule has 4 rings (SSSR count). The van der Waals surface area contributed by atoms with E-state index in [1.165, 1.54) is 0 Å². The Hall–Kier alpha value is -3.09. The number of amides is 5. The quantitative estimate of drug-likeness (QED) is 0.672. The monoisotopic (exact) mass is 438 g/mol. The van der Waals surface area contributed by atoms with Gasteiger partial charge in [-0.25, -0.2) is 9.59 Å². The third-order valence-electron chi connectivity index (χ3n) is 6.05. The van der Waals surface area contributed by atoms with Crippen LogP contribution in [0.5, 0.6) is 0 Å². The van der Waals surface area contributed by atoms with Crippen LogP contribution in [0.15, 0.2) is 24.3 Å². The maximum atomic E-state index is 12.6. The zero-order chi connectivity index (χ0) is 22.3. The number of nitrogens with zero attached hydrogens (tertiary/aromatic N) is 4. The number of anilines is 1. The van der Waals surface area contributed by atoms with Crippen molar-refractivity contribution >= 4 is 23.7 Å². The number of carbonyl (C=O) groups is 3. The molecule has 9 heteroatoms. The number of nitrogens with one attached hydrogen (secondary N) is 2. The highest BCUT2D eigenvalue weighted by molar-refractivity contribution is 6.05. The van der Waals surface area contributed by atoms with Crippen LogP contribution in [0, 0.1) is 11.8 Å². The van der Waals surface area contributed by atoms with Gasteiger partial charge in [0, 0.05) is 89.5 Å². The van der Waals surface area contributed by atoms with Gasteiger partial charge in [0.25, 0.3) is 0 Å². The summed E-state index contributed by atoms with van der Waals surface area (Å²) in [5.74, 6) is 6.16. The van der Waals surface area contributed by atoms with Crippen LogP contribution < -0.4 is 15.5 Å². The second kappa shape index (κ2) is 10.5. The molecule has 0 aliphatic carbocycles. The third kappa shape index (κ3) is 5.58. The molecule has 170 valence electrons. The van der Waals surface area contributed by atoms with E-state index >= 15 is 0 Å². The summed E-state index contributed by atoms with van der Waals surface area (Å²) in [6.45, 7) is 7.93. The molecule has 32 heavy (non-hydrogen) atoms. The minimum absolute atomic E-state index is 0.169. The van der Waals surface area contributed by atoms with Crippen LogP contribution in [0.1, 0.15) is 18.4 Å². The number of urea groups is 2. The van der Waals surface area contributed by atoms with Gasteiger partial charge in [0.2, 0.25) is 5.91 Å². The average Bonchev–Trinajstić information content (AvgIpc) is 2.83. The fourth-order valence-electron chi connectivity index (χ4n) is 4.13. The Balaban J connectivity index is 1.19. The Kier molecular flexibility index (Phi) is 7.24. The van der Waals surface area contributed by atoms with Gasteiger partial charge in [0.05, 0.1) is 0 Å².